The van der Waals surface area contributed by atoms with Crippen LogP contribution in [0.15, 0.2) is 12.4 Å². The summed E-state index contributed by atoms with van der Waals surface area (Å²) in [6.07, 6.45) is 2.98. The van der Waals surface area contributed by atoms with E-state index in [1.54, 1.807) is 10.9 Å². The average Bonchev–Trinajstić information content (AvgIpc) is 2.93. The summed E-state index contributed by atoms with van der Waals surface area (Å²) < 4.78 is 33.3. The lowest BCUT2D eigenvalue weighted by Gasteiger charge is -2.34. The van der Waals surface area contributed by atoms with Crippen molar-refractivity contribution in [3.8, 4) is 0 Å². The van der Waals surface area contributed by atoms with E-state index in [1.165, 1.54) is 10.5 Å². The fourth-order valence-electron chi connectivity index (χ4n) is 2.56. The second kappa shape index (κ2) is 7.95. The maximum Gasteiger partial charge on any atom is 0.319 e. The third-order valence-corrected chi connectivity index (χ3v) is 5.45. The molecule has 2 heterocycles. The number of carbonyl (C=O) groups is 1. The van der Waals surface area contributed by atoms with Crippen molar-refractivity contribution in [3.63, 3.8) is 0 Å². The van der Waals surface area contributed by atoms with Gasteiger partial charge in [0, 0.05) is 32.4 Å². The molecule has 1 fully saturated rings. The Morgan fingerprint density at radius 2 is 2.04 bits per heavy atom. The van der Waals surface area contributed by atoms with E-state index in [2.05, 4.69) is 15.7 Å². The van der Waals surface area contributed by atoms with Crippen LogP contribution in [0.2, 0.25) is 0 Å². The molecule has 2 atom stereocenters. The molecule has 9 nitrogen and oxygen atoms in total. The largest absolute Gasteiger partial charge is 0.373 e. The molecule has 10 heteroatoms. The number of carbonyl (C=O) groups excluding carboxylic acids is 1. The van der Waals surface area contributed by atoms with E-state index in [-0.39, 0.29) is 24.5 Å². The molecule has 1 aliphatic rings. The van der Waals surface area contributed by atoms with Gasteiger partial charge in [-0.05, 0) is 20.8 Å². The van der Waals surface area contributed by atoms with Crippen molar-refractivity contribution >= 4 is 21.7 Å². The fraction of sp³-hybridized carbons (Fsp3) is 0.714. The minimum absolute atomic E-state index is 0.0379. The van der Waals surface area contributed by atoms with Gasteiger partial charge in [-0.15, -0.1) is 0 Å². The van der Waals surface area contributed by atoms with Gasteiger partial charge in [-0.1, -0.05) is 0 Å². The maximum atomic E-state index is 12.3. The number of urea groups is 1. The molecule has 0 saturated carbocycles. The lowest BCUT2D eigenvalue weighted by molar-refractivity contribution is -0.0440. The number of morpholine rings is 1. The molecule has 2 unspecified atom stereocenters. The number of anilines is 1. The zero-order valence-corrected chi connectivity index (χ0v) is 15.0. The molecular weight excluding hydrogens is 334 g/mol. The first-order chi connectivity index (χ1) is 11.3. The summed E-state index contributed by atoms with van der Waals surface area (Å²) in [5.74, 6) is -0.145. The topological polar surface area (TPSA) is 106 Å². The van der Waals surface area contributed by atoms with E-state index in [0.717, 1.165) is 0 Å². The van der Waals surface area contributed by atoms with Crippen LogP contribution in [-0.4, -0.2) is 66.1 Å². The van der Waals surface area contributed by atoms with Crippen molar-refractivity contribution in [3.05, 3.63) is 12.4 Å². The molecule has 0 aliphatic carbocycles. The van der Waals surface area contributed by atoms with Crippen LogP contribution < -0.4 is 10.6 Å². The van der Waals surface area contributed by atoms with Gasteiger partial charge in [-0.3, -0.25) is 4.68 Å². The number of aromatic nitrogens is 2. The van der Waals surface area contributed by atoms with Crippen LogP contribution in [0.5, 0.6) is 0 Å². The van der Waals surface area contributed by atoms with Gasteiger partial charge in [0.2, 0.25) is 10.0 Å². The zero-order valence-electron chi connectivity index (χ0n) is 14.2. The van der Waals surface area contributed by atoms with Crippen molar-refractivity contribution in [2.24, 2.45) is 0 Å². The summed E-state index contributed by atoms with van der Waals surface area (Å²) in [6.45, 7) is 7.06. The summed E-state index contributed by atoms with van der Waals surface area (Å²) in [7, 11) is -3.42. The Kier molecular flexibility index (Phi) is 6.19. The van der Waals surface area contributed by atoms with Crippen molar-refractivity contribution in [2.75, 3.05) is 30.7 Å². The third-order valence-electron chi connectivity index (χ3n) is 3.64. The van der Waals surface area contributed by atoms with Crippen molar-refractivity contribution in [2.45, 2.75) is 39.5 Å². The predicted molar refractivity (Wildman–Crippen MR) is 90.3 cm³/mol. The average molecular weight is 359 g/mol. The van der Waals surface area contributed by atoms with E-state index in [0.29, 0.717) is 25.3 Å². The Bertz CT molecular complexity index is 650. The van der Waals surface area contributed by atoms with Crippen LogP contribution in [0.25, 0.3) is 0 Å². The van der Waals surface area contributed by atoms with Crippen LogP contribution in [-0.2, 0) is 21.3 Å². The summed E-state index contributed by atoms with van der Waals surface area (Å²) in [6, 6.07) is -0.454. The molecule has 0 aromatic carbocycles. The summed E-state index contributed by atoms with van der Waals surface area (Å²) in [5.41, 5.74) is 0.563. The lowest BCUT2D eigenvalue weighted by Crippen LogP contribution is -2.49. The number of hydrogen-bond donors (Lipinski definition) is 2. The van der Waals surface area contributed by atoms with Crippen LogP contribution in [0.1, 0.15) is 20.8 Å². The first-order valence-electron chi connectivity index (χ1n) is 8.00. The maximum absolute atomic E-state index is 12.3. The van der Waals surface area contributed by atoms with E-state index in [4.69, 9.17) is 4.74 Å². The number of hydrogen-bond acceptors (Lipinski definition) is 5. The number of sulfonamides is 1. The molecule has 24 heavy (non-hydrogen) atoms. The SMILES string of the molecule is CCn1cc(NC(=O)NCCS(=O)(=O)N2CC(C)OC(C)C2)cn1. The van der Waals surface area contributed by atoms with Crippen molar-refractivity contribution in [1.29, 1.82) is 0 Å². The number of rotatable bonds is 6. The van der Waals surface area contributed by atoms with E-state index < -0.39 is 16.1 Å². The van der Waals surface area contributed by atoms with Crippen LogP contribution in [0.3, 0.4) is 0 Å². The van der Waals surface area contributed by atoms with Gasteiger partial charge in [-0.25, -0.2) is 13.2 Å². The number of aryl methyl sites for hydroxylation is 1. The molecule has 0 spiro atoms. The van der Waals surface area contributed by atoms with Gasteiger partial charge in [0.05, 0.1) is 29.8 Å². The molecule has 2 rings (SSSR count). The Hall–Kier alpha value is -1.65. The van der Waals surface area contributed by atoms with Gasteiger partial charge in [0.25, 0.3) is 0 Å². The monoisotopic (exact) mass is 359 g/mol. The normalized spacial score (nSPS) is 22.3. The fourth-order valence-corrected chi connectivity index (χ4v) is 4.05. The molecule has 0 radical (unpaired) electrons. The van der Waals surface area contributed by atoms with E-state index in [1.807, 2.05) is 20.8 Å². The van der Waals surface area contributed by atoms with Crippen LogP contribution in [0.4, 0.5) is 10.5 Å². The molecule has 1 aromatic rings. The van der Waals surface area contributed by atoms with Crippen molar-refractivity contribution in [1.82, 2.24) is 19.4 Å². The minimum Gasteiger partial charge on any atom is -0.373 e. The molecule has 0 bridgehead atoms. The smallest absolute Gasteiger partial charge is 0.319 e. The minimum atomic E-state index is -3.42. The Morgan fingerprint density at radius 1 is 1.38 bits per heavy atom. The summed E-state index contributed by atoms with van der Waals surface area (Å²) >= 11 is 0. The second-order valence-electron chi connectivity index (χ2n) is 5.86. The zero-order chi connectivity index (χ0) is 17.7. The highest BCUT2D eigenvalue weighted by Crippen LogP contribution is 2.14. The van der Waals surface area contributed by atoms with Gasteiger partial charge in [-0.2, -0.15) is 9.40 Å². The Morgan fingerprint density at radius 3 is 2.62 bits per heavy atom. The Labute approximate surface area is 142 Å². The molecule has 1 aliphatic heterocycles. The highest BCUT2D eigenvalue weighted by Gasteiger charge is 2.30. The lowest BCUT2D eigenvalue weighted by atomic mass is 10.3. The standard InChI is InChI=1S/C14H25N5O4S/c1-4-18-10-13(7-16-18)17-14(20)15-5-6-24(21,22)19-8-11(2)23-12(3)9-19/h7,10-12H,4-6,8-9H2,1-3H3,(H2,15,17,20). The third kappa shape index (κ3) is 5.18. The first-order valence-corrected chi connectivity index (χ1v) is 9.61. The quantitative estimate of drug-likeness (QED) is 0.768. The first kappa shape index (κ1) is 18.7. The molecule has 1 saturated heterocycles. The van der Waals surface area contributed by atoms with Gasteiger partial charge >= 0.3 is 6.03 Å². The highest BCUT2D eigenvalue weighted by atomic mass is 32.2. The summed E-state index contributed by atoms with van der Waals surface area (Å²) in [4.78, 5) is 11.8. The number of amides is 2. The highest BCUT2D eigenvalue weighted by molar-refractivity contribution is 7.89. The van der Waals surface area contributed by atoms with Gasteiger partial charge in [0.1, 0.15) is 0 Å². The van der Waals surface area contributed by atoms with Crippen LogP contribution in [0, 0.1) is 0 Å². The summed E-state index contributed by atoms with van der Waals surface area (Å²) in [5, 5.41) is 9.21. The second-order valence-corrected chi connectivity index (χ2v) is 7.94. The molecule has 2 amide bonds. The molecule has 136 valence electrons. The molecular formula is C14H25N5O4S. The number of ether oxygens (including phenoxy) is 1. The van der Waals surface area contributed by atoms with Crippen LogP contribution >= 0.6 is 0 Å². The van der Waals surface area contributed by atoms with Gasteiger partial charge in [0.15, 0.2) is 0 Å². The van der Waals surface area contributed by atoms with E-state index >= 15 is 0 Å². The van der Waals surface area contributed by atoms with E-state index in [9.17, 15) is 13.2 Å². The Balaban J connectivity index is 1.78. The number of nitrogens with zero attached hydrogens (tertiary/aromatic N) is 3. The predicted octanol–water partition coefficient (Wildman–Crippen LogP) is 0.464. The molecule has 1 aromatic heterocycles. The van der Waals surface area contributed by atoms with Gasteiger partial charge < -0.3 is 15.4 Å². The number of nitrogens with one attached hydrogen (secondary N) is 2. The van der Waals surface area contributed by atoms with Crippen molar-refractivity contribution < 1.29 is 17.9 Å². The molecule has 2 N–H and O–H groups in total.